The van der Waals surface area contributed by atoms with E-state index in [0.29, 0.717) is 10.4 Å². The van der Waals surface area contributed by atoms with Gasteiger partial charge in [0.05, 0.1) is 8.66 Å². The molecule has 142 valence electrons. The van der Waals surface area contributed by atoms with Crippen molar-refractivity contribution < 1.29 is 9.59 Å². The molecule has 5 nitrogen and oxygen atoms in total. The number of carbonyl (C=O) groups is 2. The topological polar surface area (TPSA) is 61.4 Å². The summed E-state index contributed by atoms with van der Waals surface area (Å²) in [6.45, 7) is 1.82. The molecule has 0 spiro atoms. The predicted molar refractivity (Wildman–Crippen MR) is 115 cm³/mol. The number of rotatable bonds is 3. The fraction of sp³-hybridized carbons (Fsp3) is 0.143. The molecule has 0 bridgehead atoms. The normalized spacial score (nSPS) is 13.0. The van der Waals surface area contributed by atoms with Crippen LogP contribution in [0.3, 0.4) is 0 Å². The smallest absolute Gasteiger partial charge is 0.279 e. The van der Waals surface area contributed by atoms with E-state index in [-0.39, 0.29) is 11.8 Å². The zero-order chi connectivity index (χ0) is 19.5. The first-order chi connectivity index (χ1) is 13.6. The summed E-state index contributed by atoms with van der Waals surface area (Å²) < 4.78 is 0.861. The zero-order valence-corrected chi connectivity index (χ0v) is 17.3. The predicted octanol–water partition coefficient (Wildman–Crippen LogP) is 4.15. The number of hydrazine groups is 1. The third-order valence-electron chi connectivity index (χ3n) is 4.71. The van der Waals surface area contributed by atoms with Crippen molar-refractivity contribution in [3.63, 3.8) is 0 Å². The molecule has 0 atom stereocenters. The lowest BCUT2D eigenvalue weighted by Gasteiger charge is -2.30. The second-order valence-corrected chi connectivity index (χ2v) is 8.96. The largest absolute Gasteiger partial charge is 0.367 e. The van der Waals surface area contributed by atoms with Crippen LogP contribution in [-0.4, -0.2) is 18.4 Å². The number of halogens is 1. The Morgan fingerprint density at radius 1 is 0.893 bits per heavy atom. The minimum atomic E-state index is -0.348. The van der Waals surface area contributed by atoms with Gasteiger partial charge in [-0.25, -0.2) is 0 Å². The lowest BCUT2D eigenvalue weighted by Crippen LogP contribution is -2.41. The van der Waals surface area contributed by atoms with Crippen molar-refractivity contribution in [2.45, 2.75) is 13.0 Å². The molecule has 2 N–H and O–H groups in total. The molecule has 2 amide bonds. The van der Waals surface area contributed by atoms with E-state index in [1.165, 1.54) is 22.5 Å². The van der Waals surface area contributed by atoms with E-state index >= 15 is 0 Å². The van der Waals surface area contributed by atoms with Crippen LogP contribution in [0.4, 0.5) is 5.69 Å². The molecule has 0 fully saturated rings. The molecule has 0 unspecified atom stereocenters. The molecule has 7 heteroatoms. The van der Waals surface area contributed by atoms with E-state index in [0.717, 1.165) is 29.0 Å². The third-order valence-corrected chi connectivity index (χ3v) is 6.33. The Hall–Kier alpha value is -2.64. The van der Waals surface area contributed by atoms with Gasteiger partial charge in [0, 0.05) is 24.3 Å². The van der Waals surface area contributed by atoms with Gasteiger partial charge < -0.3 is 4.90 Å². The molecule has 0 radical (unpaired) electrons. The maximum absolute atomic E-state index is 12.3. The number of anilines is 1. The lowest BCUT2D eigenvalue weighted by atomic mass is 9.99. The van der Waals surface area contributed by atoms with Gasteiger partial charge in [0.2, 0.25) is 0 Å². The highest BCUT2D eigenvalue weighted by Crippen LogP contribution is 2.25. The number of nitrogens with zero attached hydrogens (tertiary/aromatic N) is 1. The van der Waals surface area contributed by atoms with Crippen molar-refractivity contribution in [1.29, 1.82) is 0 Å². The SMILES string of the molecule is O=C(NNC(=O)c1ccc(Br)s1)c1ccc(N2CCc3ccccc3C2)cc1. The highest BCUT2D eigenvalue weighted by molar-refractivity contribution is 9.11. The monoisotopic (exact) mass is 455 g/mol. The molecule has 1 aliphatic heterocycles. The minimum absolute atomic E-state index is 0.340. The highest BCUT2D eigenvalue weighted by Gasteiger charge is 2.17. The van der Waals surface area contributed by atoms with Gasteiger partial charge in [-0.1, -0.05) is 24.3 Å². The Labute approximate surface area is 175 Å². The van der Waals surface area contributed by atoms with Gasteiger partial charge in [-0.05, 0) is 69.9 Å². The van der Waals surface area contributed by atoms with Gasteiger partial charge in [-0.15, -0.1) is 11.3 Å². The van der Waals surface area contributed by atoms with E-state index in [9.17, 15) is 9.59 Å². The third kappa shape index (κ3) is 4.10. The highest BCUT2D eigenvalue weighted by atomic mass is 79.9. The van der Waals surface area contributed by atoms with Crippen LogP contribution in [0, 0.1) is 0 Å². The molecule has 2 heterocycles. The van der Waals surface area contributed by atoms with Gasteiger partial charge in [0.1, 0.15) is 0 Å². The van der Waals surface area contributed by atoms with Crippen LogP contribution < -0.4 is 15.8 Å². The molecule has 0 saturated heterocycles. The summed E-state index contributed by atoms with van der Waals surface area (Å²) in [6.07, 6.45) is 1.02. The van der Waals surface area contributed by atoms with Crippen LogP contribution in [0.2, 0.25) is 0 Å². The second kappa shape index (κ2) is 8.16. The van der Waals surface area contributed by atoms with Gasteiger partial charge >= 0.3 is 0 Å². The molecule has 3 aromatic rings. The van der Waals surface area contributed by atoms with Crippen molar-refractivity contribution in [2.24, 2.45) is 0 Å². The maximum atomic E-state index is 12.3. The average Bonchev–Trinajstić information content (AvgIpc) is 3.18. The van der Waals surface area contributed by atoms with Gasteiger partial charge in [-0.2, -0.15) is 0 Å². The summed E-state index contributed by atoms with van der Waals surface area (Å²) in [7, 11) is 0. The zero-order valence-electron chi connectivity index (χ0n) is 14.9. The second-order valence-electron chi connectivity index (χ2n) is 6.50. The fourth-order valence-corrected chi connectivity index (χ4v) is 4.50. The van der Waals surface area contributed by atoms with Gasteiger partial charge in [0.15, 0.2) is 0 Å². The first-order valence-electron chi connectivity index (χ1n) is 8.88. The van der Waals surface area contributed by atoms with Gasteiger partial charge in [-0.3, -0.25) is 20.4 Å². The molecule has 28 heavy (non-hydrogen) atoms. The molecule has 0 aliphatic carbocycles. The number of hydrogen-bond donors (Lipinski definition) is 2. The van der Waals surface area contributed by atoms with E-state index < -0.39 is 0 Å². The number of benzene rings is 2. The summed E-state index contributed by atoms with van der Waals surface area (Å²) in [5.74, 6) is -0.688. The Kier molecular flexibility index (Phi) is 5.45. The summed E-state index contributed by atoms with van der Waals surface area (Å²) in [5.41, 5.74) is 9.23. The molecule has 0 saturated carbocycles. The molecular formula is C21H18BrN3O2S. The molecular weight excluding hydrogens is 438 g/mol. The van der Waals surface area contributed by atoms with Crippen LogP contribution in [-0.2, 0) is 13.0 Å². The van der Waals surface area contributed by atoms with Crippen LogP contribution >= 0.6 is 27.3 Å². The Bertz CT molecular complexity index is 1020. The average molecular weight is 456 g/mol. The quantitative estimate of drug-likeness (QED) is 0.583. The minimum Gasteiger partial charge on any atom is -0.367 e. The first kappa shape index (κ1) is 18.7. The Balaban J connectivity index is 1.36. The molecule has 4 rings (SSSR count). The summed E-state index contributed by atoms with van der Waals surface area (Å²) in [4.78, 5) is 27.1. The van der Waals surface area contributed by atoms with Crippen molar-refractivity contribution in [3.05, 3.63) is 86.0 Å². The standard InChI is InChI=1S/C21H18BrN3O2S/c22-19-10-9-18(28-19)21(27)24-23-20(26)15-5-7-17(8-6-15)25-12-11-14-3-1-2-4-16(14)13-25/h1-10H,11-13H2,(H,23,26)(H,24,27). The van der Waals surface area contributed by atoms with E-state index in [1.54, 1.807) is 24.3 Å². The van der Waals surface area contributed by atoms with Crippen LogP contribution in [0.15, 0.2) is 64.5 Å². The first-order valence-corrected chi connectivity index (χ1v) is 10.5. The molecule has 1 aromatic heterocycles. The summed E-state index contributed by atoms with van der Waals surface area (Å²) in [6, 6.07) is 19.4. The van der Waals surface area contributed by atoms with Crippen molar-refractivity contribution in [2.75, 3.05) is 11.4 Å². The van der Waals surface area contributed by atoms with Crippen LogP contribution in [0.1, 0.15) is 31.2 Å². The Morgan fingerprint density at radius 3 is 2.32 bits per heavy atom. The fourth-order valence-electron chi connectivity index (χ4n) is 3.22. The number of carbonyl (C=O) groups excluding carboxylic acids is 2. The molecule has 2 aromatic carbocycles. The summed E-state index contributed by atoms with van der Waals surface area (Å²) in [5, 5.41) is 0. The van der Waals surface area contributed by atoms with E-state index in [1.807, 2.05) is 12.1 Å². The number of thiophene rings is 1. The van der Waals surface area contributed by atoms with Crippen molar-refractivity contribution in [1.82, 2.24) is 10.9 Å². The Morgan fingerprint density at radius 2 is 1.61 bits per heavy atom. The maximum Gasteiger partial charge on any atom is 0.279 e. The number of fused-ring (bicyclic) bond motifs is 1. The van der Waals surface area contributed by atoms with Crippen LogP contribution in [0.5, 0.6) is 0 Å². The van der Waals surface area contributed by atoms with E-state index in [4.69, 9.17) is 0 Å². The van der Waals surface area contributed by atoms with Crippen molar-refractivity contribution >= 4 is 44.8 Å². The van der Waals surface area contributed by atoms with Gasteiger partial charge in [0.25, 0.3) is 11.8 Å². The van der Waals surface area contributed by atoms with Crippen LogP contribution in [0.25, 0.3) is 0 Å². The number of nitrogens with one attached hydrogen (secondary N) is 2. The summed E-state index contributed by atoms with van der Waals surface area (Å²) >= 11 is 4.62. The lowest BCUT2D eigenvalue weighted by molar-refractivity contribution is 0.0849. The molecule has 1 aliphatic rings. The van der Waals surface area contributed by atoms with E-state index in [2.05, 4.69) is 55.9 Å². The number of hydrogen-bond acceptors (Lipinski definition) is 4. The van der Waals surface area contributed by atoms with Crippen molar-refractivity contribution in [3.8, 4) is 0 Å². The number of amides is 2.